The van der Waals surface area contributed by atoms with Gasteiger partial charge in [-0.25, -0.2) is 8.78 Å². The second-order valence-corrected chi connectivity index (χ2v) is 6.99. The van der Waals surface area contributed by atoms with E-state index in [4.69, 9.17) is 4.42 Å². The number of halogens is 2. The highest BCUT2D eigenvalue weighted by Gasteiger charge is 2.23. The first-order valence-corrected chi connectivity index (χ1v) is 9.35. The van der Waals surface area contributed by atoms with Crippen molar-refractivity contribution in [1.82, 2.24) is 15.1 Å². The van der Waals surface area contributed by atoms with Crippen LogP contribution in [0.25, 0.3) is 0 Å². The summed E-state index contributed by atoms with van der Waals surface area (Å²) < 4.78 is 33.0. The van der Waals surface area contributed by atoms with Crippen molar-refractivity contribution in [2.24, 2.45) is 4.99 Å². The SMILES string of the molecule is CN=C(NCC(c1ccco1)N(C)C)N1CCN(c2cc(F)ccc2F)CC1. The van der Waals surface area contributed by atoms with Gasteiger partial charge in [-0.15, -0.1) is 0 Å². The number of rotatable bonds is 5. The molecule has 3 rings (SSSR count). The summed E-state index contributed by atoms with van der Waals surface area (Å²) in [6.45, 7) is 3.17. The van der Waals surface area contributed by atoms with Crippen molar-refractivity contribution in [3.63, 3.8) is 0 Å². The lowest BCUT2D eigenvalue weighted by atomic mass is 10.2. The fourth-order valence-corrected chi connectivity index (χ4v) is 3.43. The third-order valence-corrected chi connectivity index (χ3v) is 4.99. The Balaban J connectivity index is 1.58. The zero-order chi connectivity index (χ0) is 20.1. The van der Waals surface area contributed by atoms with Crippen LogP contribution in [0.1, 0.15) is 11.8 Å². The molecule has 1 fully saturated rings. The average molecular weight is 391 g/mol. The summed E-state index contributed by atoms with van der Waals surface area (Å²) in [5.74, 6) is 0.853. The number of likely N-dealkylation sites (N-methyl/N-ethyl adjacent to an activating group) is 1. The number of anilines is 1. The van der Waals surface area contributed by atoms with Crippen molar-refractivity contribution in [3.8, 4) is 0 Å². The quantitative estimate of drug-likeness (QED) is 0.627. The van der Waals surface area contributed by atoms with Crippen molar-refractivity contribution in [3.05, 3.63) is 54.0 Å². The van der Waals surface area contributed by atoms with Crippen molar-refractivity contribution in [2.75, 3.05) is 58.8 Å². The molecule has 1 saturated heterocycles. The summed E-state index contributed by atoms with van der Waals surface area (Å²) in [4.78, 5) is 10.5. The van der Waals surface area contributed by atoms with Crippen molar-refractivity contribution >= 4 is 11.6 Å². The van der Waals surface area contributed by atoms with Crippen LogP contribution in [0.5, 0.6) is 0 Å². The lowest BCUT2D eigenvalue weighted by Crippen LogP contribution is -2.53. The van der Waals surface area contributed by atoms with Crippen molar-refractivity contribution < 1.29 is 13.2 Å². The summed E-state index contributed by atoms with van der Waals surface area (Å²) in [7, 11) is 5.76. The Labute approximate surface area is 164 Å². The monoisotopic (exact) mass is 391 g/mol. The van der Waals surface area contributed by atoms with Gasteiger partial charge in [0.2, 0.25) is 0 Å². The number of nitrogens with one attached hydrogen (secondary N) is 1. The first-order chi connectivity index (χ1) is 13.5. The Bertz CT molecular complexity index is 786. The molecule has 0 amide bonds. The summed E-state index contributed by atoms with van der Waals surface area (Å²) in [5, 5.41) is 3.41. The molecule has 152 valence electrons. The number of hydrogen-bond acceptors (Lipinski definition) is 4. The van der Waals surface area contributed by atoms with E-state index in [-0.39, 0.29) is 6.04 Å². The molecule has 0 saturated carbocycles. The Kier molecular flexibility index (Phi) is 6.51. The van der Waals surface area contributed by atoms with E-state index in [1.807, 2.05) is 31.1 Å². The Morgan fingerprint density at radius 2 is 1.96 bits per heavy atom. The van der Waals surface area contributed by atoms with Crippen LogP contribution in [0.15, 0.2) is 46.0 Å². The summed E-state index contributed by atoms with van der Waals surface area (Å²) >= 11 is 0. The Hall–Kier alpha value is -2.61. The third kappa shape index (κ3) is 4.62. The van der Waals surface area contributed by atoms with Gasteiger partial charge in [0.1, 0.15) is 17.4 Å². The molecule has 1 N–H and O–H groups in total. The normalized spacial score (nSPS) is 16.6. The maximum atomic E-state index is 14.0. The molecule has 1 aromatic carbocycles. The van der Waals surface area contributed by atoms with E-state index in [1.54, 1.807) is 13.3 Å². The van der Waals surface area contributed by atoms with Crippen LogP contribution in [-0.2, 0) is 0 Å². The molecule has 0 radical (unpaired) electrons. The molecule has 0 spiro atoms. The first-order valence-electron chi connectivity index (χ1n) is 9.35. The number of nitrogens with zero attached hydrogens (tertiary/aromatic N) is 4. The van der Waals surface area contributed by atoms with Gasteiger partial charge in [0.05, 0.1) is 18.0 Å². The Morgan fingerprint density at radius 3 is 2.57 bits per heavy atom. The largest absolute Gasteiger partial charge is 0.468 e. The number of hydrogen-bond donors (Lipinski definition) is 1. The smallest absolute Gasteiger partial charge is 0.193 e. The van der Waals surface area contributed by atoms with Gasteiger partial charge >= 0.3 is 0 Å². The Morgan fingerprint density at radius 1 is 1.21 bits per heavy atom. The lowest BCUT2D eigenvalue weighted by molar-refractivity contribution is 0.255. The molecule has 1 atom stereocenters. The van der Waals surface area contributed by atoms with Crippen molar-refractivity contribution in [1.29, 1.82) is 0 Å². The van der Waals surface area contributed by atoms with Gasteiger partial charge in [0.25, 0.3) is 0 Å². The molecule has 0 bridgehead atoms. The van der Waals surface area contributed by atoms with Crippen LogP contribution in [0.3, 0.4) is 0 Å². The maximum Gasteiger partial charge on any atom is 0.193 e. The minimum atomic E-state index is -0.427. The number of aliphatic imine (C=N–C) groups is 1. The number of furan rings is 1. The van der Waals surface area contributed by atoms with Crippen molar-refractivity contribution in [2.45, 2.75) is 6.04 Å². The second kappa shape index (κ2) is 9.05. The van der Waals surface area contributed by atoms with Gasteiger partial charge in [-0.2, -0.15) is 0 Å². The molecule has 1 aliphatic rings. The van der Waals surface area contributed by atoms with Gasteiger partial charge in [-0.1, -0.05) is 0 Å². The van der Waals surface area contributed by atoms with Crippen LogP contribution in [-0.4, -0.2) is 69.6 Å². The fourth-order valence-electron chi connectivity index (χ4n) is 3.43. The van der Waals surface area contributed by atoms with E-state index in [9.17, 15) is 8.78 Å². The van der Waals surface area contributed by atoms with E-state index < -0.39 is 11.6 Å². The maximum absolute atomic E-state index is 14.0. The minimum Gasteiger partial charge on any atom is -0.468 e. The summed E-state index contributed by atoms with van der Waals surface area (Å²) in [5.41, 5.74) is 0.313. The highest BCUT2D eigenvalue weighted by Crippen LogP contribution is 2.22. The van der Waals surface area contributed by atoms with Gasteiger partial charge in [0, 0.05) is 45.8 Å². The molecule has 8 heteroatoms. The van der Waals surface area contributed by atoms with E-state index >= 15 is 0 Å². The van der Waals surface area contributed by atoms with Crippen LogP contribution in [0.4, 0.5) is 14.5 Å². The van der Waals surface area contributed by atoms with Crippen LogP contribution >= 0.6 is 0 Å². The predicted octanol–water partition coefficient (Wildman–Crippen LogP) is 2.56. The third-order valence-electron chi connectivity index (χ3n) is 4.99. The average Bonchev–Trinajstić information content (AvgIpc) is 3.21. The summed E-state index contributed by atoms with van der Waals surface area (Å²) in [6, 6.07) is 7.49. The summed E-state index contributed by atoms with van der Waals surface area (Å²) in [6.07, 6.45) is 1.67. The van der Waals surface area contributed by atoms with Gasteiger partial charge in [0.15, 0.2) is 5.96 Å². The highest BCUT2D eigenvalue weighted by atomic mass is 19.1. The molecule has 6 nitrogen and oxygen atoms in total. The standard InChI is InChI=1S/C20H27F2N5O/c1-23-20(24-14-18(25(2)3)19-5-4-12-28-19)27-10-8-26(9-11-27)17-13-15(21)6-7-16(17)22/h4-7,12-13,18H,8-11,14H2,1-3H3,(H,23,24). The fraction of sp³-hybridized carbons (Fsp3) is 0.450. The van der Waals surface area contributed by atoms with E-state index in [0.29, 0.717) is 38.4 Å². The zero-order valence-electron chi connectivity index (χ0n) is 16.5. The molecule has 0 aliphatic carbocycles. The highest BCUT2D eigenvalue weighted by molar-refractivity contribution is 5.80. The molecule has 2 aromatic rings. The van der Waals surface area contributed by atoms with E-state index in [1.165, 1.54) is 12.1 Å². The molecule has 1 unspecified atom stereocenters. The molecule has 28 heavy (non-hydrogen) atoms. The predicted molar refractivity (Wildman–Crippen MR) is 107 cm³/mol. The molecule has 1 aromatic heterocycles. The van der Waals surface area contributed by atoms with E-state index in [0.717, 1.165) is 17.8 Å². The zero-order valence-corrected chi connectivity index (χ0v) is 16.5. The minimum absolute atomic E-state index is 0.0782. The first kappa shape index (κ1) is 20.1. The molecule has 1 aliphatic heterocycles. The number of guanidine groups is 1. The van der Waals surface area contributed by atoms with Crippen LogP contribution in [0, 0.1) is 11.6 Å². The lowest BCUT2D eigenvalue weighted by Gasteiger charge is -2.38. The van der Waals surface area contributed by atoms with Gasteiger partial charge in [-0.3, -0.25) is 9.89 Å². The molecule has 2 heterocycles. The number of benzene rings is 1. The molecular formula is C20H27F2N5O. The van der Waals surface area contributed by atoms with E-state index in [2.05, 4.69) is 20.1 Å². The molecular weight excluding hydrogens is 364 g/mol. The van der Waals surface area contributed by atoms with Gasteiger partial charge < -0.3 is 19.5 Å². The topological polar surface area (TPSA) is 47.3 Å². The number of piperazine rings is 1. The second-order valence-electron chi connectivity index (χ2n) is 6.99. The van der Waals surface area contributed by atoms with Crippen LogP contribution < -0.4 is 10.2 Å². The van der Waals surface area contributed by atoms with Crippen LogP contribution in [0.2, 0.25) is 0 Å². The van der Waals surface area contributed by atoms with Gasteiger partial charge in [-0.05, 0) is 38.4 Å².